The average molecular weight is 273 g/mol. The number of rotatable bonds is 6. The van der Waals surface area contributed by atoms with Crippen molar-refractivity contribution in [1.29, 1.82) is 0 Å². The number of nitrogens with zero attached hydrogens (tertiary/aromatic N) is 4. The number of pyridine rings is 1. The Morgan fingerprint density at radius 3 is 2.95 bits per heavy atom. The largest absolute Gasteiger partial charge is 0.350 e. The summed E-state index contributed by atoms with van der Waals surface area (Å²) in [6, 6.07) is 3.91. The molecule has 0 radical (unpaired) electrons. The number of nitrogens with one attached hydrogen (secondary N) is 1. The maximum atomic E-state index is 11.8. The summed E-state index contributed by atoms with van der Waals surface area (Å²) >= 11 is 0. The van der Waals surface area contributed by atoms with Crippen LogP contribution in [0.5, 0.6) is 0 Å². The molecule has 2 aromatic rings. The molecular formula is C14H19N5O. The number of carbonyl (C=O) groups is 1. The van der Waals surface area contributed by atoms with Gasteiger partial charge >= 0.3 is 0 Å². The monoisotopic (exact) mass is 273 g/mol. The van der Waals surface area contributed by atoms with Gasteiger partial charge in [0.05, 0.1) is 6.04 Å². The van der Waals surface area contributed by atoms with Gasteiger partial charge in [-0.05, 0) is 31.9 Å². The lowest BCUT2D eigenvalue weighted by atomic mass is 10.1. The molecule has 0 aliphatic carbocycles. The number of hydrogen-bond donors (Lipinski definition) is 1. The number of aromatic nitrogens is 4. The number of carbonyl (C=O) groups excluding carboxylic acids is 1. The van der Waals surface area contributed by atoms with Gasteiger partial charge in [0.25, 0.3) is 0 Å². The first-order valence-electron chi connectivity index (χ1n) is 6.69. The SMILES string of the molecule is Cc1ccc([C@H](C)NC(=O)CCCn2cncn2)cn1. The lowest BCUT2D eigenvalue weighted by Gasteiger charge is -2.14. The molecule has 6 nitrogen and oxygen atoms in total. The summed E-state index contributed by atoms with van der Waals surface area (Å²) in [4.78, 5) is 19.9. The summed E-state index contributed by atoms with van der Waals surface area (Å²) < 4.78 is 1.72. The number of aryl methyl sites for hydroxylation is 2. The summed E-state index contributed by atoms with van der Waals surface area (Å²) in [7, 11) is 0. The standard InChI is InChI=1S/C14H19N5O/c1-11-5-6-13(8-16-11)12(2)18-14(20)4-3-7-19-10-15-9-17-19/h5-6,8-10,12H,3-4,7H2,1-2H3,(H,18,20)/t12-/m0/s1. The Bertz CT molecular complexity index is 535. The van der Waals surface area contributed by atoms with Crippen molar-refractivity contribution in [2.45, 2.75) is 39.3 Å². The van der Waals surface area contributed by atoms with E-state index in [9.17, 15) is 4.79 Å². The summed E-state index contributed by atoms with van der Waals surface area (Å²) in [5, 5.41) is 6.97. The van der Waals surface area contributed by atoms with Crippen molar-refractivity contribution in [2.24, 2.45) is 0 Å². The molecule has 1 N–H and O–H groups in total. The van der Waals surface area contributed by atoms with E-state index in [1.54, 1.807) is 17.2 Å². The van der Waals surface area contributed by atoms with Crippen LogP contribution in [0, 0.1) is 6.92 Å². The third-order valence-electron chi connectivity index (χ3n) is 3.07. The Hall–Kier alpha value is -2.24. The van der Waals surface area contributed by atoms with Gasteiger partial charge < -0.3 is 5.32 Å². The number of hydrogen-bond acceptors (Lipinski definition) is 4. The molecular weight excluding hydrogens is 254 g/mol. The van der Waals surface area contributed by atoms with Gasteiger partial charge in [-0.1, -0.05) is 6.07 Å². The van der Waals surface area contributed by atoms with E-state index in [2.05, 4.69) is 20.4 Å². The molecule has 0 saturated heterocycles. The fourth-order valence-corrected chi connectivity index (χ4v) is 1.88. The Labute approximate surface area is 118 Å². The molecule has 0 aliphatic rings. The first-order chi connectivity index (χ1) is 9.65. The molecule has 1 amide bonds. The minimum Gasteiger partial charge on any atom is -0.350 e. The smallest absolute Gasteiger partial charge is 0.220 e. The Balaban J connectivity index is 1.74. The highest BCUT2D eigenvalue weighted by atomic mass is 16.1. The highest BCUT2D eigenvalue weighted by Gasteiger charge is 2.09. The molecule has 106 valence electrons. The van der Waals surface area contributed by atoms with Gasteiger partial charge in [-0.25, -0.2) is 4.98 Å². The first-order valence-corrected chi connectivity index (χ1v) is 6.69. The Kier molecular flexibility index (Phi) is 4.81. The summed E-state index contributed by atoms with van der Waals surface area (Å²) in [6.07, 6.45) is 6.16. The van der Waals surface area contributed by atoms with E-state index in [0.29, 0.717) is 13.0 Å². The van der Waals surface area contributed by atoms with Crippen LogP contribution in [0.25, 0.3) is 0 Å². The van der Waals surface area contributed by atoms with Crippen molar-refractivity contribution in [3.63, 3.8) is 0 Å². The fraction of sp³-hybridized carbons (Fsp3) is 0.429. The molecule has 0 saturated carbocycles. The van der Waals surface area contributed by atoms with Crippen LogP contribution in [0.4, 0.5) is 0 Å². The normalized spacial score (nSPS) is 12.1. The van der Waals surface area contributed by atoms with E-state index in [1.807, 2.05) is 26.0 Å². The van der Waals surface area contributed by atoms with Gasteiger partial charge in [-0.3, -0.25) is 14.5 Å². The second kappa shape index (κ2) is 6.79. The molecule has 2 heterocycles. The molecule has 2 aromatic heterocycles. The molecule has 6 heteroatoms. The second-order valence-electron chi connectivity index (χ2n) is 4.78. The topological polar surface area (TPSA) is 72.7 Å². The molecule has 1 atom stereocenters. The third kappa shape index (κ3) is 4.15. The maximum absolute atomic E-state index is 11.8. The van der Waals surface area contributed by atoms with Crippen LogP contribution >= 0.6 is 0 Å². The van der Waals surface area contributed by atoms with E-state index in [4.69, 9.17) is 0 Å². The van der Waals surface area contributed by atoms with Crippen molar-refractivity contribution >= 4 is 5.91 Å². The van der Waals surface area contributed by atoms with E-state index < -0.39 is 0 Å². The van der Waals surface area contributed by atoms with Crippen LogP contribution < -0.4 is 5.32 Å². The molecule has 0 unspecified atom stereocenters. The van der Waals surface area contributed by atoms with Gasteiger partial charge in [0, 0.05) is 24.9 Å². The number of amides is 1. The van der Waals surface area contributed by atoms with Crippen molar-refractivity contribution < 1.29 is 4.79 Å². The van der Waals surface area contributed by atoms with E-state index in [-0.39, 0.29) is 11.9 Å². The van der Waals surface area contributed by atoms with Crippen LogP contribution in [0.2, 0.25) is 0 Å². The van der Waals surface area contributed by atoms with Crippen molar-refractivity contribution in [1.82, 2.24) is 25.1 Å². The second-order valence-corrected chi connectivity index (χ2v) is 4.78. The van der Waals surface area contributed by atoms with Crippen LogP contribution in [-0.4, -0.2) is 25.7 Å². The van der Waals surface area contributed by atoms with Gasteiger partial charge in [0.15, 0.2) is 0 Å². The maximum Gasteiger partial charge on any atom is 0.220 e. The Morgan fingerprint density at radius 2 is 2.30 bits per heavy atom. The molecule has 20 heavy (non-hydrogen) atoms. The summed E-state index contributed by atoms with van der Waals surface area (Å²) in [5.41, 5.74) is 1.99. The zero-order chi connectivity index (χ0) is 14.4. The molecule has 0 aliphatic heterocycles. The zero-order valence-electron chi connectivity index (χ0n) is 11.8. The highest BCUT2D eigenvalue weighted by Crippen LogP contribution is 2.11. The van der Waals surface area contributed by atoms with Crippen molar-refractivity contribution in [3.05, 3.63) is 42.2 Å². The van der Waals surface area contributed by atoms with Crippen LogP contribution in [0.15, 0.2) is 31.0 Å². The van der Waals surface area contributed by atoms with Gasteiger partial charge in [-0.15, -0.1) is 0 Å². The summed E-state index contributed by atoms with van der Waals surface area (Å²) in [5.74, 6) is 0.0400. The van der Waals surface area contributed by atoms with Crippen LogP contribution in [-0.2, 0) is 11.3 Å². The quantitative estimate of drug-likeness (QED) is 0.868. The minimum absolute atomic E-state index is 0.0260. The predicted octanol–water partition coefficient (Wildman–Crippen LogP) is 1.64. The van der Waals surface area contributed by atoms with Crippen molar-refractivity contribution in [3.8, 4) is 0 Å². The van der Waals surface area contributed by atoms with E-state index in [0.717, 1.165) is 17.7 Å². The minimum atomic E-state index is -0.0260. The molecule has 0 spiro atoms. The molecule has 0 aromatic carbocycles. The summed E-state index contributed by atoms with van der Waals surface area (Å²) in [6.45, 7) is 4.60. The van der Waals surface area contributed by atoms with Crippen LogP contribution in [0.1, 0.15) is 37.1 Å². The van der Waals surface area contributed by atoms with E-state index >= 15 is 0 Å². The van der Waals surface area contributed by atoms with Crippen LogP contribution in [0.3, 0.4) is 0 Å². The van der Waals surface area contributed by atoms with Gasteiger partial charge in [0.2, 0.25) is 5.91 Å². The third-order valence-corrected chi connectivity index (χ3v) is 3.07. The molecule has 2 rings (SSSR count). The van der Waals surface area contributed by atoms with E-state index in [1.165, 1.54) is 6.33 Å². The Morgan fingerprint density at radius 1 is 1.45 bits per heavy atom. The molecule has 0 bridgehead atoms. The van der Waals surface area contributed by atoms with Crippen molar-refractivity contribution in [2.75, 3.05) is 0 Å². The first kappa shape index (κ1) is 14.2. The molecule has 0 fully saturated rings. The van der Waals surface area contributed by atoms with Gasteiger partial charge in [0.1, 0.15) is 12.7 Å². The lowest BCUT2D eigenvalue weighted by Crippen LogP contribution is -2.26. The highest BCUT2D eigenvalue weighted by molar-refractivity contribution is 5.76. The lowest BCUT2D eigenvalue weighted by molar-refractivity contribution is -0.121. The zero-order valence-corrected chi connectivity index (χ0v) is 11.8. The average Bonchev–Trinajstić information content (AvgIpc) is 2.92. The van der Waals surface area contributed by atoms with Gasteiger partial charge in [-0.2, -0.15) is 5.10 Å². The fourth-order valence-electron chi connectivity index (χ4n) is 1.88. The predicted molar refractivity (Wildman–Crippen MR) is 74.8 cm³/mol.